The van der Waals surface area contributed by atoms with E-state index in [0.717, 1.165) is 12.0 Å². The molecule has 0 unspecified atom stereocenters. The molecule has 2 heterocycles. The van der Waals surface area contributed by atoms with Gasteiger partial charge in [-0.25, -0.2) is 0 Å². The largest absolute Gasteiger partial charge is 0.352 e. The second-order valence-electron chi connectivity index (χ2n) is 4.40. The Bertz CT molecular complexity index is 642. The fourth-order valence-corrected chi connectivity index (χ4v) is 1.75. The van der Waals surface area contributed by atoms with Gasteiger partial charge in [-0.15, -0.1) is 0 Å². The highest BCUT2D eigenvalue weighted by Crippen LogP contribution is 1.98. The maximum atomic E-state index is 11.9. The molecule has 2 rings (SSSR count). The number of aryl methyl sites for hydroxylation is 2. The van der Waals surface area contributed by atoms with Crippen LogP contribution in [0.5, 0.6) is 0 Å². The van der Waals surface area contributed by atoms with Gasteiger partial charge in [-0.2, -0.15) is 5.10 Å². The van der Waals surface area contributed by atoms with Gasteiger partial charge in [0.1, 0.15) is 0 Å². The lowest BCUT2D eigenvalue weighted by Gasteiger charge is -2.05. The van der Waals surface area contributed by atoms with Gasteiger partial charge in [0.25, 0.3) is 5.91 Å². The predicted octanol–water partition coefficient (Wildman–Crippen LogP) is 0.0913. The first-order valence-corrected chi connectivity index (χ1v) is 5.98. The van der Waals surface area contributed by atoms with Crippen LogP contribution in [-0.2, 0) is 20.5 Å². The standard InChI is InChI=1S/C13H16N4O2/c1-16-9-11(3-4-12(16)18)13(19)14-6-5-10-7-15-17(2)8-10/h3-4,7-9H,5-6H2,1-2H3,(H,14,19). The van der Waals surface area contributed by atoms with Gasteiger partial charge in [0.05, 0.1) is 11.8 Å². The van der Waals surface area contributed by atoms with E-state index in [0.29, 0.717) is 12.1 Å². The molecule has 0 fully saturated rings. The summed E-state index contributed by atoms with van der Waals surface area (Å²) in [5, 5.41) is 6.87. The van der Waals surface area contributed by atoms with Crippen LogP contribution in [0, 0.1) is 0 Å². The zero-order valence-corrected chi connectivity index (χ0v) is 11.0. The number of nitrogens with one attached hydrogen (secondary N) is 1. The Morgan fingerprint density at radius 3 is 2.74 bits per heavy atom. The Balaban J connectivity index is 1.90. The minimum absolute atomic E-state index is 0.132. The maximum absolute atomic E-state index is 11.9. The third kappa shape index (κ3) is 3.31. The van der Waals surface area contributed by atoms with Crippen molar-refractivity contribution in [2.24, 2.45) is 14.1 Å². The van der Waals surface area contributed by atoms with Gasteiger partial charge < -0.3 is 9.88 Å². The van der Waals surface area contributed by atoms with Crippen LogP contribution >= 0.6 is 0 Å². The molecule has 19 heavy (non-hydrogen) atoms. The third-order valence-electron chi connectivity index (χ3n) is 2.81. The first-order valence-electron chi connectivity index (χ1n) is 5.98. The lowest BCUT2D eigenvalue weighted by molar-refractivity contribution is 0.0953. The number of aromatic nitrogens is 3. The second-order valence-corrected chi connectivity index (χ2v) is 4.40. The zero-order valence-electron chi connectivity index (χ0n) is 11.0. The molecule has 2 aromatic rings. The molecule has 0 aliphatic rings. The molecular weight excluding hydrogens is 244 g/mol. The summed E-state index contributed by atoms with van der Waals surface area (Å²) in [7, 11) is 3.47. The van der Waals surface area contributed by atoms with Crippen molar-refractivity contribution in [2.45, 2.75) is 6.42 Å². The summed E-state index contributed by atoms with van der Waals surface area (Å²) in [4.78, 5) is 23.1. The molecule has 100 valence electrons. The number of amides is 1. The lowest BCUT2D eigenvalue weighted by Crippen LogP contribution is -2.27. The molecular formula is C13H16N4O2. The van der Waals surface area contributed by atoms with E-state index >= 15 is 0 Å². The highest BCUT2D eigenvalue weighted by molar-refractivity contribution is 5.93. The molecule has 0 radical (unpaired) electrons. The van der Waals surface area contributed by atoms with Crippen molar-refractivity contribution in [3.63, 3.8) is 0 Å². The smallest absolute Gasteiger partial charge is 0.252 e. The first-order chi connectivity index (χ1) is 9.06. The Morgan fingerprint density at radius 1 is 1.32 bits per heavy atom. The number of hydrogen-bond donors (Lipinski definition) is 1. The van der Waals surface area contributed by atoms with Crippen molar-refractivity contribution < 1.29 is 4.79 Å². The Labute approximate surface area is 110 Å². The minimum atomic E-state index is -0.181. The Kier molecular flexibility index (Phi) is 3.79. The van der Waals surface area contributed by atoms with E-state index in [2.05, 4.69) is 10.4 Å². The number of carbonyl (C=O) groups excluding carboxylic acids is 1. The van der Waals surface area contributed by atoms with Crippen LogP contribution < -0.4 is 10.9 Å². The number of rotatable bonds is 4. The summed E-state index contributed by atoms with van der Waals surface area (Å²) >= 11 is 0. The SMILES string of the molecule is Cn1cc(CCNC(=O)c2ccc(=O)n(C)c2)cn1. The molecule has 0 bridgehead atoms. The first kappa shape index (κ1) is 13.1. The molecule has 1 amide bonds. The monoisotopic (exact) mass is 260 g/mol. The molecule has 0 aromatic carbocycles. The van der Waals surface area contributed by atoms with Crippen molar-refractivity contribution >= 4 is 5.91 Å². The third-order valence-corrected chi connectivity index (χ3v) is 2.81. The molecule has 1 N–H and O–H groups in total. The van der Waals surface area contributed by atoms with Crippen molar-refractivity contribution in [3.8, 4) is 0 Å². The van der Waals surface area contributed by atoms with E-state index in [9.17, 15) is 9.59 Å². The molecule has 2 aromatic heterocycles. The van der Waals surface area contributed by atoms with Crippen LogP contribution in [0.15, 0.2) is 35.5 Å². The predicted molar refractivity (Wildman–Crippen MR) is 70.9 cm³/mol. The van der Waals surface area contributed by atoms with E-state index in [1.807, 2.05) is 13.2 Å². The van der Waals surface area contributed by atoms with Crippen molar-refractivity contribution in [2.75, 3.05) is 6.54 Å². The summed E-state index contributed by atoms with van der Waals surface area (Å²) in [5.41, 5.74) is 1.42. The molecule has 0 saturated heterocycles. The lowest BCUT2D eigenvalue weighted by atomic mass is 10.2. The summed E-state index contributed by atoms with van der Waals surface area (Å²) < 4.78 is 3.11. The minimum Gasteiger partial charge on any atom is -0.352 e. The Morgan fingerprint density at radius 2 is 2.11 bits per heavy atom. The van der Waals surface area contributed by atoms with Crippen molar-refractivity contribution in [3.05, 3.63) is 52.2 Å². The molecule has 0 saturated carbocycles. The summed E-state index contributed by atoms with van der Waals surface area (Å²) in [6.07, 6.45) is 5.95. The van der Waals surface area contributed by atoms with Crippen LogP contribution in [0.3, 0.4) is 0 Å². The van der Waals surface area contributed by atoms with E-state index in [1.165, 1.54) is 22.9 Å². The fourth-order valence-electron chi connectivity index (χ4n) is 1.75. The van der Waals surface area contributed by atoms with Crippen LogP contribution in [-0.4, -0.2) is 26.8 Å². The highest BCUT2D eigenvalue weighted by atomic mass is 16.1. The molecule has 6 nitrogen and oxygen atoms in total. The van der Waals surface area contributed by atoms with Gasteiger partial charge >= 0.3 is 0 Å². The van der Waals surface area contributed by atoms with Gasteiger partial charge in [0.15, 0.2) is 0 Å². The van der Waals surface area contributed by atoms with E-state index in [4.69, 9.17) is 0 Å². The summed E-state index contributed by atoms with van der Waals surface area (Å²) in [6, 6.07) is 2.91. The van der Waals surface area contributed by atoms with Crippen LogP contribution in [0.2, 0.25) is 0 Å². The topological polar surface area (TPSA) is 68.9 Å². The molecule has 0 atom stereocenters. The van der Waals surface area contributed by atoms with Gasteiger partial charge in [-0.1, -0.05) is 0 Å². The van der Waals surface area contributed by atoms with Crippen molar-refractivity contribution in [1.82, 2.24) is 19.7 Å². The molecule has 0 aliphatic heterocycles. The summed E-state index contributed by atoms with van der Waals surface area (Å²) in [6.45, 7) is 0.535. The second kappa shape index (κ2) is 5.51. The van der Waals surface area contributed by atoms with Crippen molar-refractivity contribution in [1.29, 1.82) is 0 Å². The van der Waals surface area contributed by atoms with Crippen LogP contribution in [0.4, 0.5) is 0 Å². The molecule has 0 aliphatic carbocycles. The fraction of sp³-hybridized carbons (Fsp3) is 0.308. The number of nitrogens with zero attached hydrogens (tertiary/aromatic N) is 3. The maximum Gasteiger partial charge on any atom is 0.252 e. The zero-order chi connectivity index (χ0) is 13.8. The Hall–Kier alpha value is -2.37. The van der Waals surface area contributed by atoms with Crippen LogP contribution in [0.25, 0.3) is 0 Å². The normalized spacial score (nSPS) is 10.4. The van der Waals surface area contributed by atoms with Gasteiger partial charge in [0, 0.05) is 39.1 Å². The van der Waals surface area contributed by atoms with E-state index < -0.39 is 0 Å². The van der Waals surface area contributed by atoms with Gasteiger partial charge in [-0.05, 0) is 18.1 Å². The highest BCUT2D eigenvalue weighted by Gasteiger charge is 2.06. The van der Waals surface area contributed by atoms with Gasteiger partial charge in [0.2, 0.25) is 5.56 Å². The molecule has 0 spiro atoms. The summed E-state index contributed by atoms with van der Waals surface area (Å²) in [5.74, 6) is -0.181. The van der Waals surface area contributed by atoms with Gasteiger partial charge in [-0.3, -0.25) is 14.3 Å². The van der Waals surface area contributed by atoms with Crippen LogP contribution in [0.1, 0.15) is 15.9 Å². The van der Waals surface area contributed by atoms with E-state index in [1.54, 1.807) is 17.9 Å². The quantitative estimate of drug-likeness (QED) is 0.847. The number of carbonyl (C=O) groups is 1. The average molecular weight is 260 g/mol. The van der Waals surface area contributed by atoms with E-state index in [-0.39, 0.29) is 11.5 Å². The molecule has 6 heteroatoms. The number of pyridine rings is 1. The number of hydrogen-bond acceptors (Lipinski definition) is 3. The average Bonchev–Trinajstić information content (AvgIpc) is 2.78.